The molecule has 0 bridgehead atoms. The Morgan fingerprint density at radius 3 is 1.82 bits per heavy atom. The molecule has 0 amide bonds. The molecule has 0 aliphatic rings. The van der Waals surface area contributed by atoms with E-state index >= 15 is 0 Å². The van der Waals surface area contributed by atoms with Crippen LogP contribution in [0.4, 0.5) is 0 Å². The average Bonchev–Trinajstić information content (AvgIpc) is 1.63. The molecule has 11 heavy (non-hydrogen) atoms. The summed E-state index contributed by atoms with van der Waals surface area (Å²) in [5.74, 6) is -1.38. The van der Waals surface area contributed by atoms with Crippen molar-refractivity contribution in [1.82, 2.24) is 0 Å². The van der Waals surface area contributed by atoms with E-state index in [0.29, 0.717) is 0 Å². The Bertz CT molecular complexity index is 140. The molecule has 7 heteroatoms. The van der Waals surface area contributed by atoms with Gasteiger partial charge in [0.15, 0.2) is 11.2 Å². The Morgan fingerprint density at radius 1 is 1.36 bits per heavy atom. The van der Waals surface area contributed by atoms with Gasteiger partial charge in [-0.1, -0.05) is 0 Å². The molecule has 0 saturated heterocycles. The third-order valence-electron chi connectivity index (χ3n) is 0.653. The maximum atomic E-state index is 9.81. The molecule has 3 N–H and O–H groups in total. The monoisotopic (exact) mass is 198 g/mol. The van der Waals surface area contributed by atoms with Gasteiger partial charge in [-0.2, -0.15) is 0 Å². The van der Waals surface area contributed by atoms with E-state index in [1.165, 1.54) is 0 Å². The zero-order chi connectivity index (χ0) is 7.44. The zero-order valence-corrected chi connectivity index (χ0v) is 5.26. The average molecular weight is 198 g/mol. The Kier molecular flexibility index (Phi) is 15.5. The van der Waals surface area contributed by atoms with Crippen LogP contribution in [0.15, 0.2) is 0 Å². The van der Waals surface area contributed by atoms with Gasteiger partial charge in [-0.3, -0.25) is 0 Å². The topological polar surface area (TPSA) is 77.8 Å². The van der Waals surface area contributed by atoms with Crippen molar-refractivity contribution < 1.29 is 20.1 Å². The normalized spacial score (nSPS) is 10.3. The van der Waals surface area contributed by atoms with Crippen molar-refractivity contribution in [2.24, 2.45) is 0 Å². The minimum absolute atomic E-state index is 0. The molecule has 0 aliphatic heterocycles. The number of aliphatic hydroxyl groups is 2. The molecular formula is C4H8Na2O4S. The molecule has 1 atom stereocenters. The van der Waals surface area contributed by atoms with Gasteiger partial charge in [0, 0.05) is 0 Å². The molecule has 0 aromatic rings. The minimum atomic E-state index is -1.58. The van der Waals surface area contributed by atoms with E-state index in [1.54, 1.807) is 0 Å². The van der Waals surface area contributed by atoms with E-state index in [4.69, 9.17) is 15.3 Å². The van der Waals surface area contributed by atoms with E-state index in [-0.39, 0.29) is 65.5 Å². The summed E-state index contributed by atoms with van der Waals surface area (Å²) >= 11 is 4.12. The van der Waals surface area contributed by atoms with Crippen LogP contribution in [0, 0.1) is 0 Å². The SMILES string of the molecule is O=C(O)C(O)CC(O)=S.[NaH].[NaH]. The van der Waals surface area contributed by atoms with Crippen LogP contribution in [-0.2, 0) is 4.79 Å². The summed E-state index contributed by atoms with van der Waals surface area (Å²) in [7, 11) is 0. The second kappa shape index (κ2) is 9.41. The summed E-state index contributed by atoms with van der Waals surface area (Å²) in [6.45, 7) is 0. The van der Waals surface area contributed by atoms with E-state index in [9.17, 15) is 4.79 Å². The first-order chi connectivity index (χ1) is 4.04. The number of carboxylic acid groups (broad SMARTS) is 1. The Labute approximate surface area is 114 Å². The van der Waals surface area contributed by atoms with Crippen molar-refractivity contribution >= 4 is 82.4 Å². The molecule has 0 aromatic carbocycles. The molecule has 0 aliphatic carbocycles. The molecule has 0 spiro atoms. The zero-order valence-electron chi connectivity index (χ0n) is 4.44. The summed E-state index contributed by atoms with van der Waals surface area (Å²) < 4.78 is 0. The third kappa shape index (κ3) is 11.3. The number of aliphatic carboxylic acids is 1. The van der Waals surface area contributed by atoms with E-state index in [2.05, 4.69) is 12.2 Å². The quantitative estimate of drug-likeness (QED) is 0.376. The molecule has 0 rings (SSSR count). The summed E-state index contributed by atoms with van der Waals surface area (Å²) in [6.07, 6.45) is -1.97. The summed E-state index contributed by atoms with van der Waals surface area (Å²) in [5, 5.41) is 24.2. The van der Waals surface area contributed by atoms with Crippen LogP contribution in [0.3, 0.4) is 0 Å². The van der Waals surface area contributed by atoms with Crippen LogP contribution in [0.25, 0.3) is 0 Å². The van der Waals surface area contributed by atoms with E-state index in [1.807, 2.05) is 0 Å². The molecule has 0 radical (unpaired) electrons. The fourth-order valence-electron chi connectivity index (χ4n) is 0.253. The number of hydrogen-bond donors (Lipinski definition) is 3. The van der Waals surface area contributed by atoms with Gasteiger partial charge in [0.2, 0.25) is 0 Å². The number of hydrogen-bond acceptors (Lipinski definition) is 3. The van der Waals surface area contributed by atoms with Crippen LogP contribution in [0.1, 0.15) is 6.42 Å². The number of carboxylic acids is 1. The van der Waals surface area contributed by atoms with Crippen molar-refractivity contribution in [2.45, 2.75) is 12.5 Å². The molecule has 0 heterocycles. The first-order valence-electron chi connectivity index (χ1n) is 2.16. The van der Waals surface area contributed by atoms with Gasteiger partial charge < -0.3 is 15.3 Å². The second-order valence-electron chi connectivity index (χ2n) is 1.45. The fourth-order valence-corrected chi connectivity index (χ4v) is 0.411. The van der Waals surface area contributed by atoms with Crippen LogP contribution in [0.5, 0.6) is 0 Å². The standard InChI is InChI=1S/C4H6O4S.2Na.2H/c5-2(4(7)8)1-3(6)9;;;;/h2,5H,1H2,(H,6,9)(H,7,8);;;;. The third-order valence-corrected chi connectivity index (χ3v) is 0.820. The van der Waals surface area contributed by atoms with Crippen molar-refractivity contribution in [3.63, 3.8) is 0 Å². The number of rotatable bonds is 3. The van der Waals surface area contributed by atoms with Gasteiger partial charge in [0.05, 0.1) is 6.42 Å². The first-order valence-corrected chi connectivity index (χ1v) is 2.57. The first kappa shape index (κ1) is 18.2. The van der Waals surface area contributed by atoms with Gasteiger partial charge in [0.25, 0.3) is 0 Å². The molecule has 0 aromatic heterocycles. The molecular weight excluding hydrogens is 190 g/mol. The summed E-state index contributed by atoms with van der Waals surface area (Å²) in [6, 6.07) is 0. The molecule has 4 nitrogen and oxygen atoms in total. The van der Waals surface area contributed by atoms with Gasteiger partial charge in [-0.15, -0.1) is 0 Å². The molecule has 0 fully saturated rings. The molecule has 0 saturated carbocycles. The van der Waals surface area contributed by atoms with E-state index < -0.39 is 17.1 Å². The molecule has 1 unspecified atom stereocenters. The maximum absolute atomic E-state index is 9.81. The Balaban J connectivity index is -0.000000320. The molecule has 56 valence electrons. The summed E-state index contributed by atoms with van der Waals surface area (Å²) in [5.41, 5.74) is 0. The van der Waals surface area contributed by atoms with Gasteiger partial charge in [-0.25, -0.2) is 4.79 Å². The van der Waals surface area contributed by atoms with E-state index in [0.717, 1.165) is 0 Å². The Hall–Kier alpha value is 1.32. The van der Waals surface area contributed by atoms with Gasteiger partial charge in [0.1, 0.15) is 0 Å². The van der Waals surface area contributed by atoms with Gasteiger partial charge >= 0.3 is 65.1 Å². The predicted molar refractivity (Wildman–Crippen MR) is 47.8 cm³/mol. The van der Waals surface area contributed by atoms with Crippen molar-refractivity contribution in [2.75, 3.05) is 0 Å². The summed E-state index contributed by atoms with van der Waals surface area (Å²) in [4.78, 5) is 9.81. The number of carbonyl (C=O) groups is 1. The van der Waals surface area contributed by atoms with Crippen LogP contribution in [-0.4, -0.2) is 91.6 Å². The van der Waals surface area contributed by atoms with Crippen molar-refractivity contribution in [3.05, 3.63) is 0 Å². The Morgan fingerprint density at radius 2 is 1.73 bits per heavy atom. The van der Waals surface area contributed by atoms with Gasteiger partial charge in [-0.05, 0) is 12.2 Å². The van der Waals surface area contributed by atoms with Crippen molar-refractivity contribution in [3.8, 4) is 0 Å². The van der Waals surface area contributed by atoms with Crippen LogP contribution >= 0.6 is 12.2 Å². The van der Waals surface area contributed by atoms with Crippen molar-refractivity contribution in [1.29, 1.82) is 0 Å². The predicted octanol–water partition coefficient (Wildman–Crippen LogP) is -1.59. The number of thiocarbonyl (C=S) groups is 1. The number of aliphatic hydroxyl groups excluding tert-OH is 2. The second-order valence-corrected chi connectivity index (χ2v) is 1.92. The fraction of sp³-hybridized carbons (Fsp3) is 0.500. The van der Waals surface area contributed by atoms with Crippen LogP contribution < -0.4 is 0 Å². The van der Waals surface area contributed by atoms with Crippen LogP contribution in [0.2, 0.25) is 0 Å².